The second-order valence-electron chi connectivity index (χ2n) is 6.95. The summed E-state index contributed by atoms with van der Waals surface area (Å²) in [6.07, 6.45) is 7.69. The first-order valence-corrected chi connectivity index (χ1v) is 11.4. The molecule has 144 valence electrons. The molecule has 3 aromatic rings. The average Bonchev–Trinajstić information content (AvgIpc) is 3.25. The first kappa shape index (κ1) is 18.7. The molecule has 3 heterocycles. The Morgan fingerprint density at radius 3 is 2.85 bits per heavy atom. The number of rotatable bonds is 7. The fraction of sp³-hybridized carbons (Fsp3) is 0.579. The van der Waals surface area contributed by atoms with E-state index >= 15 is 0 Å². The average molecular weight is 405 g/mol. The molecule has 0 atom stereocenters. The SMILES string of the molecule is CCCCCn1c(SCc2nnc(C)o2)nc2sc3c(c2c1=O)CCCC3. The van der Waals surface area contributed by atoms with Gasteiger partial charge in [0.05, 0.1) is 11.1 Å². The lowest BCUT2D eigenvalue weighted by molar-refractivity contribution is 0.485. The predicted octanol–water partition coefficient (Wildman–Crippen LogP) is 4.51. The van der Waals surface area contributed by atoms with Crippen molar-refractivity contribution in [2.45, 2.75) is 76.2 Å². The van der Waals surface area contributed by atoms with Gasteiger partial charge in [-0.3, -0.25) is 9.36 Å². The van der Waals surface area contributed by atoms with E-state index < -0.39 is 0 Å². The Labute approximate surface area is 166 Å². The van der Waals surface area contributed by atoms with Crippen molar-refractivity contribution in [2.24, 2.45) is 0 Å². The Morgan fingerprint density at radius 2 is 2.07 bits per heavy atom. The van der Waals surface area contributed by atoms with Crippen molar-refractivity contribution >= 4 is 33.3 Å². The minimum atomic E-state index is 0.125. The van der Waals surface area contributed by atoms with E-state index in [1.54, 1.807) is 18.3 Å². The van der Waals surface area contributed by atoms with Crippen molar-refractivity contribution in [1.82, 2.24) is 19.7 Å². The van der Waals surface area contributed by atoms with Crippen LogP contribution < -0.4 is 5.56 Å². The summed E-state index contributed by atoms with van der Waals surface area (Å²) in [5.74, 6) is 1.65. The summed E-state index contributed by atoms with van der Waals surface area (Å²) in [7, 11) is 0. The minimum absolute atomic E-state index is 0.125. The molecule has 0 fully saturated rings. The quantitative estimate of drug-likeness (QED) is 0.328. The summed E-state index contributed by atoms with van der Waals surface area (Å²) in [5, 5.41) is 9.56. The maximum atomic E-state index is 13.4. The molecule has 4 rings (SSSR count). The summed E-state index contributed by atoms with van der Waals surface area (Å²) in [4.78, 5) is 20.5. The molecule has 0 saturated carbocycles. The van der Waals surface area contributed by atoms with E-state index in [1.807, 2.05) is 4.57 Å². The lowest BCUT2D eigenvalue weighted by Gasteiger charge is -2.13. The van der Waals surface area contributed by atoms with Crippen molar-refractivity contribution < 1.29 is 4.42 Å². The van der Waals surface area contributed by atoms with Crippen LogP contribution in [-0.4, -0.2) is 19.7 Å². The Morgan fingerprint density at radius 1 is 1.22 bits per heavy atom. The Kier molecular flexibility index (Phi) is 5.63. The second-order valence-corrected chi connectivity index (χ2v) is 8.98. The van der Waals surface area contributed by atoms with E-state index in [0.717, 1.165) is 47.5 Å². The fourth-order valence-electron chi connectivity index (χ4n) is 3.57. The number of aromatic nitrogens is 4. The molecule has 0 aromatic carbocycles. The third-order valence-corrected chi connectivity index (χ3v) is 7.06. The Bertz CT molecular complexity index is 1010. The highest BCUT2D eigenvalue weighted by Crippen LogP contribution is 2.35. The first-order chi connectivity index (χ1) is 13.2. The van der Waals surface area contributed by atoms with Crippen molar-refractivity contribution in [3.63, 3.8) is 0 Å². The standard InChI is InChI=1S/C19H24N4O2S2/c1-3-4-7-10-23-18(24)16-13-8-5-6-9-14(13)27-17(16)20-19(23)26-11-15-22-21-12(2)25-15/h3-11H2,1-2H3. The molecule has 6 nitrogen and oxygen atoms in total. The van der Waals surface area contributed by atoms with Gasteiger partial charge in [0.1, 0.15) is 4.83 Å². The highest BCUT2D eigenvalue weighted by atomic mass is 32.2. The molecule has 0 spiro atoms. The molecule has 0 unspecified atom stereocenters. The van der Waals surface area contributed by atoms with Crippen LogP contribution in [0, 0.1) is 6.92 Å². The molecule has 0 bridgehead atoms. The molecular formula is C19H24N4O2S2. The van der Waals surface area contributed by atoms with Crippen LogP contribution in [0.15, 0.2) is 14.4 Å². The molecule has 1 aliphatic rings. The van der Waals surface area contributed by atoms with Crippen molar-refractivity contribution in [3.8, 4) is 0 Å². The van der Waals surface area contributed by atoms with Crippen LogP contribution in [0.5, 0.6) is 0 Å². The third kappa shape index (κ3) is 3.82. The van der Waals surface area contributed by atoms with Crippen LogP contribution in [0.3, 0.4) is 0 Å². The monoisotopic (exact) mass is 404 g/mol. The number of thioether (sulfide) groups is 1. The normalized spacial score (nSPS) is 14.0. The summed E-state index contributed by atoms with van der Waals surface area (Å²) in [5.41, 5.74) is 1.38. The predicted molar refractivity (Wildman–Crippen MR) is 109 cm³/mol. The molecule has 0 saturated heterocycles. The smallest absolute Gasteiger partial charge is 0.263 e. The van der Waals surface area contributed by atoms with Gasteiger partial charge in [0.2, 0.25) is 11.8 Å². The van der Waals surface area contributed by atoms with Gasteiger partial charge in [-0.25, -0.2) is 4.98 Å². The minimum Gasteiger partial charge on any atom is -0.425 e. The van der Waals surface area contributed by atoms with E-state index in [1.165, 1.54) is 35.0 Å². The zero-order valence-electron chi connectivity index (χ0n) is 15.8. The summed E-state index contributed by atoms with van der Waals surface area (Å²) in [6.45, 7) is 4.67. The van der Waals surface area contributed by atoms with Crippen LogP contribution in [0.2, 0.25) is 0 Å². The number of fused-ring (bicyclic) bond motifs is 3. The fourth-order valence-corrected chi connectivity index (χ4v) is 5.73. The van der Waals surface area contributed by atoms with Crippen molar-refractivity contribution in [2.75, 3.05) is 0 Å². The van der Waals surface area contributed by atoms with Gasteiger partial charge in [0.25, 0.3) is 5.56 Å². The lowest BCUT2D eigenvalue weighted by atomic mass is 9.97. The molecule has 27 heavy (non-hydrogen) atoms. The van der Waals surface area contributed by atoms with Gasteiger partial charge >= 0.3 is 0 Å². The van der Waals surface area contributed by atoms with Crippen LogP contribution in [0.1, 0.15) is 61.2 Å². The number of thiophene rings is 1. The van der Waals surface area contributed by atoms with Crippen molar-refractivity contribution in [1.29, 1.82) is 0 Å². The maximum Gasteiger partial charge on any atom is 0.263 e. The summed E-state index contributed by atoms with van der Waals surface area (Å²) >= 11 is 3.21. The lowest BCUT2D eigenvalue weighted by Crippen LogP contribution is -2.24. The third-order valence-electron chi connectivity index (χ3n) is 4.92. The molecule has 3 aromatic heterocycles. The zero-order chi connectivity index (χ0) is 18.8. The molecule has 0 aliphatic heterocycles. The molecule has 8 heteroatoms. The van der Waals surface area contributed by atoms with Gasteiger partial charge in [0, 0.05) is 18.3 Å². The van der Waals surface area contributed by atoms with E-state index in [9.17, 15) is 4.79 Å². The van der Waals surface area contributed by atoms with Gasteiger partial charge in [-0.05, 0) is 37.7 Å². The number of unbranched alkanes of at least 4 members (excludes halogenated alkanes) is 2. The van der Waals surface area contributed by atoms with Gasteiger partial charge in [0.15, 0.2) is 5.16 Å². The van der Waals surface area contributed by atoms with E-state index in [4.69, 9.17) is 9.40 Å². The van der Waals surface area contributed by atoms with Gasteiger partial charge in [-0.1, -0.05) is 31.5 Å². The number of hydrogen-bond donors (Lipinski definition) is 0. The van der Waals surface area contributed by atoms with Crippen LogP contribution >= 0.6 is 23.1 Å². The molecule has 1 aliphatic carbocycles. The van der Waals surface area contributed by atoms with Crippen LogP contribution in [0.4, 0.5) is 0 Å². The van der Waals surface area contributed by atoms with E-state index in [-0.39, 0.29) is 5.56 Å². The van der Waals surface area contributed by atoms with Gasteiger partial charge < -0.3 is 4.42 Å². The topological polar surface area (TPSA) is 73.8 Å². The van der Waals surface area contributed by atoms with E-state index in [0.29, 0.717) is 24.1 Å². The largest absolute Gasteiger partial charge is 0.425 e. The number of hydrogen-bond acceptors (Lipinski definition) is 7. The Balaban J connectivity index is 1.72. The highest BCUT2D eigenvalue weighted by Gasteiger charge is 2.22. The summed E-state index contributed by atoms with van der Waals surface area (Å²) in [6, 6.07) is 0. The first-order valence-electron chi connectivity index (χ1n) is 9.64. The number of nitrogens with zero attached hydrogens (tertiary/aromatic N) is 4. The number of aryl methyl sites for hydroxylation is 3. The zero-order valence-corrected chi connectivity index (χ0v) is 17.4. The second kappa shape index (κ2) is 8.14. The van der Waals surface area contributed by atoms with Gasteiger partial charge in [-0.15, -0.1) is 21.5 Å². The van der Waals surface area contributed by atoms with Gasteiger partial charge in [-0.2, -0.15) is 0 Å². The molecule has 0 amide bonds. The van der Waals surface area contributed by atoms with E-state index in [2.05, 4.69) is 17.1 Å². The van der Waals surface area contributed by atoms with Crippen molar-refractivity contribution in [3.05, 3.63) is 32.6 Å². The molecular weight excluding hydrogens is 380 g/mol. The maximum absolute atomic E-state index is 13.4. The molecule has 0 N–H and O–H groups in total. The molecule has 0 radical (unpaired) electrons. The Hall–Kier alpha value is -1.67. The van der Waals surface area contributed by atoms with Crippen LogP contribution in [0.25, 0.3) is 10.2 Å². The highest BCUT2D eigenvalue weighted by molar-refractivity contribution is 7.98. The summed E-state index contributed by atoms with van der Waals surface area (Å²) < 4.78 is 7.34. The van der Waals surface area contributed by atoms with Crippen LogP contribution in [-0.2, 0) is 25.1 Å².